The van der Waals surface area contributed by atoms with E-state index in [1.54, 1.807) is 31.2 Å². The second-order valence-corrected chi connectivity index (χ2v) is 8.23. The van der Waals surface area contributed by atoms with Crippen molar-refractivity contribution in [3.8, 4) is 0 Å². The first kappa shape index (κ1) is 26.0. The van der Waals surface area contributed by atoms with Crippen molar-refractivity contribution in [1.82, 2.24) is 14.4 Å². The average Bonchev–Trinajstić information content (AvgIpc) is 3.19. The van der Waals surface area contributed by atoms with Crippen LogP contribution >= 0.6 is 0 Å². The van der Waals surface area contributed by atoms with Crippen LogP contribution < -0.4 is 5.32 Å². The summed E-state index contributed by atoms with van der Waals surface area (Å²) in [5.74, 6) is -0.499. The zero-order valence-electron chi connectivity index (χ0n) is 20.3. The van der Waals surface area contributed by atoms with Crippen LogP contribution in [0.2, 0.25) is 0 Å². The highest BCUT2D eigenvalue weighted by atomic mass is 16.5. The van der Waals surface area contributed by atoms with E-state index in [-0.39, 0.29) is 24.5 Å². The molecule has 0 aliphatic carbocycles. The zero-order chi connectivity index (χ0) is 24.4. The number of anilines is 1. The number of aryl methyl sites for hydroxylation is 1. The molecule has 0 saturated heterocycles. The Kier molecular flexibility index (Phi) is 9.97. The summed E-state index contributed by atoms with van der Waals surface area (Å²) in [6, 6.07) is 9.92. The Morgan fingerprint density at radius 1 is 1.09 bits per heavy atom. The Labute approximate surface area is 196 Å². The lowest BCUT2D eigenvalue weighted by molar-refractivity contribution is -0.132. The number of hydrogen-bond acceptors (Lipinski definition) is 4. The quantitative estimate of drug-likeness (QED) is 0.512. The molecule has 33 heavy (non-hydrogen) atoms. The highest BCUT2D eigenvalue weighted by molar-refractivity contribution is 5.94. The van der Waals surface area contributed by atoms with Gasteiger partial charge in [-0.25, -0.2) is 9.59 Å². The molecule has 3 amide bonds. The summed E-state index contributed by atoms with van der Waals surface area (Å²) in [7, 11) is 1.96. The van der Waals surface area contributed by atoms with Gasteiger partial charge in [-0.1, -0.05) is 13.3 Å². The number of benzene rings is 1. The van der Waals surface area contributed by atoms with Gasteiger partial charge in [-0.3, -0.25) is 4.79 Å². The number of nitrogens with zero attached hydrogens (tertiary/aromatic N) is 3. The van der Waals surface area contributed by atoms with Crippen LogP contribution in [0, 0.1) is 0 Å². The number of esters is 1. The molecule has 0 unspecified atom stereocenters. The smallest absolute Gasteiger partial charge is 0.338 e. The predicted octanol–water partition coefficient (Wildman–Crippen LogP) is 4.27. The number of carbonyl (C=O) groups excluding carboxylic acids is 3. The third-order valence-corrected chi connectivity index (χ3v) is 5.38. The van der Waals surface area contributed by atoms with E-state index < -0.39 is 5.97 Å². The first-order valence-corrected chi connectivity index (χ1v) is 11.5. The molecule has 2 aromatic rings. The van der Waals surface area contributed by atoms with Crippen LogP contribution in [0.4, 0.5) is 10.5 Å². The van der Waals surface area contributed by atoms with Gasteiger partial charge in [0.1, 0.15) is 6.54 Å². The minimum Gasteiger partial charge on any atom is -0.462 e. The summed E-state index contributed by atoms with van der Waals surface area (Å²) in [5, 5.41) is 2.82. The van der Waals surface area contributed by atoms with Crippen LogP contribution in [0.5, 0.6) is 0 Å². The summed E-state index contributed by atoms with van der Waals surface area (Å²) in [4.78, 5) is 41.3. The van der Waals surface area contributed by atoms with E-state index in [9.17, 15) is 14.4 Å². The molecule has 0 aliphatic heterocycles. The van der Waals surface area contributed by atoms with Gasteiger partial charge in [0.05, 0.1) is 18.7 Å². The molecule has 0 radical (unpaired) electrons. The molecule has 0 spiro atoms. The van der Waals surface area contributed by atoms with Crippen LogP contribution in [0.3, 0.4) is 0 Å². The van der Waals surface area contributed by atoms with Crippen molar-refractivity contribution >= 4 is 23.6 Å². The topological polar surface area (TPSA) is 83.9 Å². The third kappa shape index (κ3) is 7.66. The zero-order valence-corrected chi connectivity index (χ0v) is 20.3. The summed E-state index contributed by atoms with van der Waals surface area (Å²) in [6.07, 6.45) is 3.84. The highest BCUT2D eigenvalue weighted by Crippen LogP contribution is 2.14. The monoisotopic (exact) mass is 456 g/mol. The van der Waals surface area contributed by atoms with Crippen LogP contribution in [-0.4, -0.2) is 58.0 Å². The van der Waals surface area contributed by atoms with Crippen LogP contribution in [-0.2, 0) is 23.1 Å². The Bertz CT molecular complexity index is 921. The molecule has 1 heterocycles. The fraction of sp³-hybridized carbons (Fsp3) is 0.480. The van der Waals surface area contributed by atoms with Gasteiger partial charge in [0.2, 0.25) is 5.91 Å². The minimum atomic E-state index is -0.407. The van der Waals surface area contributed by atoms with Crippen molar-refractivity contribution in [2.75, 3.05) is 25.0 Å². The lowest BCUT2D eigenvalue weighted by Gasteiger charge is -2.30. The summed E-state index contributed by atoms with van der Waals surface area (Å²) < 4.78 is 6.98. The first-order valence-electron chi connectivity index (χ1n) is 11.5. The number of ether oxygens (including phenoxy) is 1. The number of carbonyl (C=O) groups is 3. The second kappa shape index (κ2) is 12.7. The van der Waals surface area contributed by atoms with Gasteiger partial charge in [-0.2, -0.15) is 0 Å². The van der Waals surface area contributed by atoms with Crippen LogP contribution in [0.1, 0.15) is 56.6 Å². The molecular weight excluding hydrogens is 420 g/mol. The van der Waals surface area contributed by atoms with Gasteiger partial charge in [0.25, 0.3) is 0 Å². The molecule has 0 saturated carbocycles. The van der Waals surface area contributed by atoms with Gasteiger partial charge in [-0.05, 0) is 63.6 Å². The van der Waals surface area contributed by atoms with E-state index in [1.165, 1.54) is 4.90 Å². The molecule has 8 nitrogen and oxygen atoms in total. The van der Waals surface area contributed by atoms with Gasteiger partial charge < -0.3 is 24.4 Å². The Hall–Kier alpha value is -3.29. The van der Waals surface area contributed by atoms with Crippen molar-refractivity contribution < 1.29 is 19.1 Å². The molecule has 0 aliphatic rings. The summed E-state index contributed by atoms with van der Waals surface area (Å²) in [5.41, 5.74) is 2.00. The summed E-state index contributed by atoms with van der Waals surface area (Å²) in [6.45, 7) is 9.03. The predicted molar refractivity (Wildman–Crippen MR) is 129 cm³/mol. The first-order chi connectivity index (χ1) is 15.8. The molecule has 0 atom stereocenters. The van der Waals surface area contributed by atoms with E-state index in [4.69, 9.17) is 4.74 Å². The molecule has 0 bridgehead atoms. The average molecular weight is 457 g/mol. The van der Waals surface area contributed by atoms with E-state index in [0.717, 1.165) is 18.5 Å². The molecular formula is C25H36N4O4. The van der Waals surface area contributed by atoms with E-state index in [2.05, 4.69) is 12.2 Å². The number of aromatic nitrogens is 1. The van der Waals surface area contributed by atoms with Crippen molar-refractivity contribution in [1.29, 1.82) is 0 Å². The Balaban J connectivity index is 2.07. The van der Waals surface area contributed by atoms with E-state index in [0.29, 0.717) is 30.9 Å². The van der Waals surface area contributed by atoms with Crippen molar-refractivity contribution in [2.45, 2.75) is 53.1 Å². The molecule has 2 rings (SSSR count). The second-order valence-electron chi connectivity index (χ2n) is 8.23. The number of hydrogen-bond donors (Lipinski definition) is 1. The van der Waals surface area contributed by atoms with E-state index in [1.807, 2.05) is 48.7 Å². The molecule has 8 heteroatoms. The van der Waals surface area contributed by atoms with Gasteiger partial charge >= 0.3 is 12.0 Å². The minimum absolute atomic E-state index is 0.0153. The van der Waals surface area contributed by atoms with Crippen LogP contribution in [0.25, 0.3) is 0 Å². The highest BCUT2D eigenvalue weighted by Gasteiger charge is 2.24. The fourth-order valence-corrected chi connectivity index (χ4v) is 3.33. The lowest BCUT2D eigenvalue weighted by atomic mass is 10.2. The van der Waals surface area contributed by atoms with Gasteiger partial charge in [0.15, 0.2) is 0 Å². The molecule has 180 valence electrons. The largest absolute Gasteiger partial charge is 0.462 e. The summed E-state index contributed by atoms with van der Waals surface area (Å²) >= 11 is 0. The number of amides is 3. The fourth-order valence-electron chi connectivity index (χ4n) is 3.33. The molecule has 1 N–H and O–H groups in total. The normalized spacial score (nSPS) is 10.7. The number of nitrogens with one attached hydrogen (secondary N) is 1. The van der Waals surface area contributed by atoms with Crippen molar-refractivity contribution in [3.63, 3.8) is 0 Å². The third-order valence-electron chi connectivity index (χ3n) is 5.38. The van der Waals surface area contributed by atoms with Gasteiger partial charge in [-0.15, -0.1) is 0 Å². The number of rotatable bonds is 11. The Morgan fingerprint density at radius 2 is 1.79 bits per heavy atom. The lowest BCUT2D eigenvalue weighted by Crippen LogP contribution is -2.47. The van der Waals surface area contributed by atoms with Crippen LogP contribution in [0.15, 0.2) is 42.6 Å². The maximum Gasteiger partial charge on any atom is 0.338 e. The number of urea groups is 1. The van der Waals surface area contributed by atoms with E-state index >= 15 is 0 Å². The molecule has 1 aromatic heterocycles. The number of unbranched alkanes of at least 4 members (excludes halogenated alkanes) is 1. The maximum absolute atomic E-state index is 13.2. The Morgan fingerprint density at radius 3 is 2.33 bits per heavy atom. The molecule has 1 aromatic carbocycles. The standard InChI is InChI=1S/C25H36N4O4/c1-6-8-16-28(17-22-10-9-15-27(22)5)23(30)18-29(19(3)4)25(32)26-21-13-11-20(12-14-21)24(31)33-7-2/h9-15,19H,6-8,16-18H2,1-5H3,(H,26,32). The molecule has 0 fully saturated rings. The van der Waals surface area contributed by atoms with Gasteiger partial charge in [0, 0.05) is 37.2 Å². The maximum atomic E-state index is 13.2. The SMILES string of the molecule is CCCCN(Cc1cccn1C)C(=O)CN(C(=O)Nc1ccc(C(=O)OCC)cc1)C(C)C. The van der Waals surface area contributed by atoms with Crippen molar-refractivity contribution in [3.05, 3.63) is 53.9 Å². The van der Waals surface area contributed by atoms with Crippen molar-refractivity contribution in [2.24, 2.45) is 7.05 Å².